The van der Waals surface area contributed by atoms with Crippen LogP contribution >= 0.6 is 0 Å². The number of pyridine rings is 1. The van der Waals surface area contributed by atoms with Crippen LogP contribution in [0.4, 0.5) is 17.6 Å². The SMILES string of the molecule is O=C(C=CF)N1CC(n2nc(-c3ccc(C(F)(F)F)cc3)c3cccnc32)C1. The zero-order valence-corrected chi connectivity index (χ0v) is 14.4. The van der Waals surface area contributed by atoms with Gasteiger partial charge in [-0.15, -0.1) is 0 Å². The molecule has 1 aliphatic rings. The molecule has 2 aromatic heterocycles. The molecule has 1 aliphatic heterocycles. The largest absolute Gasteiger partial charge is 0.416 e. The summed E-state index contributed by atoms with van der Waals surface area (Å²) in [5.74, 6) is -0.425. The summed E-state index contributed by atoms with van der Waals surface area (Å²) in [5.41, 5.74) is 0.908. The van der Waals surface area contributed by atoms with Crippen LogP contribution in [0.3, 0.4) is 0 Å². The fourth-order valence-corrected chi connectivity index (χ4v) is 3.21. The highest BCUT2D eigenvalue weighted by Gasteiger charge is 2.34. The Labute approximate surface area is 156 Å². The standard InChI is InChI=1S/C19H14F4N4O/c20-8-7-16(28)26-10-14(11-26)27-18-15(2-1-9-24-18)17(25-27)12-3-5-13(6-4-12)19(21,22)23/h1-9,14H,10-11H2. The Hall–Kier alpha value is -3.23. The maximum Gasteiger partial charge on any atom is 0.416 e. The fourth-order valence-electron chi connectivity index (χ4n) is 3.21. The molecule has 0 aliphatic carbocycles. The van der Waals surface area contributed by atoms with E-state index in [0.717, 1.165) is 18.2 Å². The highest BCUT2D eigenvalue weighted by Crippen LogP contribution is 2.34. The van der Waals surface area contributed by atoms with Gasteiger partial charge in [0.2, 0.25) is 5.91 Å². The minimum atomic E-state index is -4.41. The Bertz CT molecular complexity index is 1050. The third-order valence-corrected chi connectivity index (χ3v) is 4.68. The molecule has 3 heterocycles. The number of carbonyl (C=O) groups is 1. The molecule has 3 aromatic rings. The van der Waals surface area contributed by atoms with Crippen LogP contribution in [-0.4, -0.2) is 38.7 Å². The van der Waals surface area contributed by atoms with Gasteiger partial charge in [-0.05, 0) is 24.3 Å². The van der Waals surface area contributed by atoms with Crippen molar-refractivity contribution in [3.63, 3.8) is 0 Å². The van der Waals surface area contributed by atoms with Gasteiger partial charge in [-0.3, -0.25) is 4.79 Å². The second-order valence-electron chi connectivity index (χ2n) is 6.43. The van der Waals surface area contributed by atoms with Gasteiger partial charge in [0, 0.05) is 36.3 Å². The number of hydrogen-bond donors (Lipinski definition) is 0. The van der Waals surface area contributed by atoms with Crippen molar-refractivity contribution < 1.29 is 22.4 Å². The van der Waals surface area contributed by atoms with E-state index in [1.807, 2.05) is 0 Å². The summed E-state index contributed by atoms with van der Waals surface area (Å²) in [4.78, 5) is 17.5. The number of hydrogen-bond acceptors (Lipinski definition) is 3. The summed E-state index contributed by atoms with van der Waals surface area (Å²) < 4.78 is 52.2. The fraction of sp³-hybridized carbons (Fsp3) is 0.211. The number of alkyl halides is 3. The zero-order chi connectivity index (χ0) is 19.9. The Morgan fingerprint density at radius 3 is 2.50 bits per heavy atom. The number of halogens is 4. The predicted molar refractivity (Wildman–Crippen MR) is 93.8 cm³/mol. The monoisotopic (exact) mass is 390 g/mol. The summed E-state index contributed by atoms with van der Waals surface area (Å²) >= 11 is 0. The summed E-state index contributed by atoms with van der Waals surface area (Å²) in [7, 11) is 0. The molecule has 0 radical (unpaired) electrons. The smallest absolute Gasteiger partial charge is 0.335 e. The third-order valence-electron chi connectivity index (χ3n) is 4.68. The topological polar surface area (TPSA) is 51.0 Å². The van der Waals surface area contributed by atoms with Gasteiger partial charge < -0.3 is 4.90 Å². The first-order chi connectivity index (χ1) is 13.4. The molecule has 4 rings (SSSR count). The number of rotatable bonds is 3. The van der Waals surface area contributed by atoms with Crippen LogP contribution in [0.2, 0.25) is 0 Å². The number of benzene rings is 1. The van der Waals surface area contributed by atoms with E-state index in [1.165, 1.54) is 17.0 Å². The first-order valence-corrected chi connectivity index (χ1v) is 8.45. The summed E-state index contributed by atoms with van der Waals surface area (Å²) in [5, 5.41) is 5.26. The maximum atomic E-state index is 12.8. The lowest BCUT2D eigenvalue weighted by Crippen LogP contribution is -2.50. The van der Waals surface area contributed by atoms with Crippen molar-refractivity contribution in [3.05, 3.63) is 60.6 Å². The summed E-state index contributed by atoms with van der Waals surface area (Å²) in [6.07, 6.45) is -1.76. The van der Waals surface area contributed by atoms with Gasteiger partial charge in [-0.1, -0.05) is 12.1 Å². The Kier molecular flexibility index (Phi) is 4.37. The molecule has 0 spiro atoms. The average molecular weight is 390 g/mol. The second-order valence-corrected chi connectivity index (χ2v) is 6.43. The van der Waals surface area contributed by atoms with Crippen LogP contribution in [0.1, 0.15) is 11.6 Å². The number of carbonyl (C=O) groups excluding carboxylic acids is 1. The minimum Gasteiger partial charge on any atom is -0.335 e. The Morgan fingerprint density at radius 1 is 1.14 bits per heavy atom. The van der Waals surface area contributed by atoms with E-state index in [1.54, 1.807) is 23.0 Å². The van der Waals surface area contributed by atoms with Crippen molar-refractivity contribution in [3.8, 4) is 11.3 Å². The van der Waals surface area contributed by atoms with E-state index in [4.69, 9.17) is 0 Å². The minimum absolute atomic E-state index is 0.141. The lowest BCUT2D eigenvalue weighted by Gasteiger charge is -2.38. The number of amides is 1. The van der Waals surface area contributed by atoms with E-state index in [-0.39, 0.29) is 12.4 Å². The first-order valence-electron chi connectivity index (χ1n) is 8.45. The van der Waals surface area contributed by atoms with Crippen LogP contribution in [0.15, 0.2) is 55.0 Å². The molecule has 0 unspecified atom stereocenters. The zero-order valence-electron chi connectivity index (χ0n) is 14.4. The molecule has 0 saturated carbocycles. The molecular formula is C19H14F4N4O. The van der Waals surface area contributed by atoms with Crippen molar-refractivity contribution in [2.75, 3.05) is 13.1 Å². The maximum absolute atomic E-state index is 12.8. The van der Waals surface area contributed by atoms with Crippen molar-refractivity contribution in [2.24, 2.45) is 0 Å². The lowest BCUT2D eigenvalue weighted by atomic mass is 10.1. The normalized spacial score (nSPS) is 15.4. The van der Waals surface area contributed by atoms with Crippen molar-refractivity contribution in [2.45, 2.75) is 12.2 Å². The van der Waals surface area contributed by atoms with Gasteiger partial charge in [0.05, 0.1) is 17.9 Å². The number of aromatic nitrogens is 3. The molecular weight excluding hydrogens is 376 g/mol. The lowest BCUT2D eigenvalue weighted by molar-refractivity contribution is -0.137. The van der Waals surface area contributed by atoms with Crippen LogP contribution in [0, 0.1) is 0 Å². The molecule has 1 fully saturated rings. The molecule has 1 aromatic carbocycles. The molecule has 5 nitrogen and oxygen atoms in total. The molecule has 1 saturated heterocycles. The number of fused-ring (bicyclic) bond motifs is 1. The molecule has 0 atom stereocenters. The van der Waals surface area contributed by atoms with Crippen LogP contribution < -0.4 is 0 Å². The molecule has 28 heavy (non-hydrogen) atoms. The molecule has 9 heteroatoms. The van der Waals surface area contributed by atoms with Crippen molar-refractivity contribution >= 4 is 16.9 Å². The van der Waals surface area contributed by atoms with E-state index in [0.29, 0.717) is 35.4 Å². The van der Waals surface area contributed by atoms with E-state index >= 15 is 0 Å². The van der Waals surface area contributed by atoms with E-state index in [9.17, 15) is 22.4 Å². The highest BCUT2D eigenvalue weighted by atomic mass is 19.4. The first kappa shape index (κ1) is 18.1. The van der Waals surface area contributed by atoms with E-state index < -0.39 is 17.6 Å². The van der Waals surface area contributed by atoms with Crippen LogP contribution in [-0.2, 0) is 11.0 Å². The van der Waals surface area contributed by atoms with Crippen molar-refractivity contribution in [1.82, 2.24) is 19.7 Å². The quantitative estimate of drug-likeness (QED) is 0.502. The van der Waals surface area contributed by atoms with Gasteiger partial charge >= 0.3 is 6.18 Å². The molecule has 1 amide bonds. The van der Waals surface area contributed by atoms with Gasteiger partial charge in [0.1, 0.15) is 5.69 Å². The Balaban J connectivity index is 1.67. The highest BCUT2D eigenvalue weighted by molar-refractivity contribution is 5.91. The Morgan fingerprint density at radius 2 is 1.86 bits per heavy atom. The summed E-state index contributed by atoms with van der Waals surface area (Å²) in [6.45, 7) is 0.700. The van der Waals surface area contributed by atoms with Crippen molar-refractivity contribution in [1.29, 1.82) is 0 Å². The predicted octanol–water partition coefficient (Wildman–Crippen LogP) is 3.98. The summed E-state index contributed by atoms with van der Waals surface area (Å²) in [6, 6.07) is 8.18. The molecule has 0 bridgehead atoms. The van der Waals surface area contributed by atoms with Gasteiger partial charge in [0.25, 0.3) is 0 Å². The number of likely N-dealkylation sites (tertiary alicyclic amines) is 1. The second kappa shape index (κ2) is 6.74. The van der Waals surface area contributed by atoms with Gasteiger partial charge in [-0.2, -0.15) is 18.3 Å². The third kappa shape index (κ3) is 3.12. The van der Waals surface area contributed by atoms with Crippen LogP contribution in [0.25, 0.3) is 22.3 Å². The average Bonchev–Trinajstić information content (AvgIpc) is 3.00. The van der Waals surface area contributed by atoms with Gasteiger partial charge in [0.15, 0.2) is 5.65 Å². The number of nitrogens with zero attached hydrogens (tertiary/aromatic N) is 4. The van der Waals surface area contributed by atoms with E-state index in [2.05, 4.69) is 10.1 Å². The molecule has 0 N–H and O–H groups in total. The molecule has 144 valence electrons. The van der Waals surface area contributed by atoms with Crippen LogP contribution in [0.5, 0.6) is 0 Å². The van der Waals surface area contributed by atoms with Gasteiger partial charge in [-0.25, -0.2) is 14.1 Å².